The molecule has 1 heterocycles. The summed E-state index contributed by atoms with van der Waals surface area (Å²) >= 11 is 4.42. The Morgan fingerprint density at radius 3 is 3.00 bits per heavy atom. The Hall–Kier alpha value is -1.38. The van der Waals surface area contributed by atoms with Crippen LogP contribution in [-0.4, -0.2) is 29.7 Å². The standard InChI is InChI=1S/C12H12BrFN4OS/c1-15-5-4-10(19)16-12-18-17-11(20-12)8-6-7(13)2-3-9(8)14/h2-3,6,15H,4-5H2,1H3,(H,16,18,19). The normalized spacial score (nSPS) is 10.6. The molecular weight excluding hydrogens is 347 g/mol. The molecule has 0 saturated heterocycles. The van der Waals surface area contributed by atoms with E-state index in [9.17, 15) is 9.18 Å². The van der Waals surface area contributed by atoms with E-state index in [1.54, 1.807) is 19.2 Å². The molecule has 5 nitrogen and oxygen atoms in total. The smallest absolute Gasteiger partial charge is 0.227 e. The average Bonchev–Trinajstić information content (AvgIpc) is 2.87. The first-order valence-corrected chi connectivity index (χ1v) is 7.44. The van der Waals surface area contributed by atoms with Crippen LogP contribution < -0.4 is 10.6 Å². The van der Waals surface area contributed by atoms with Gasteiger partial charge < -0.3 is 10.6 Å². The number of anilines is 1. The molecule has 0 fully saturated rings. The number of rotatable bonds is 5. The monoisotopic (exact) mass is 358 g/mol. The molecule has 0 spiro atoms. The summed E-state index contributed by atoms with van der Waals surface area (Å²) in [5, 5.41) is 14.0. The van der Waals surface area contributed by atoms with Crippen molar-refractivity contribution in [1.82, 2.24) is 15.5 Å². The third-order valence-electron chi connectivity index (χ3n) is 2.43. The van der Waals surface area contributed by atoms with Gasteiger partial charge in [-0.2, -0.15) is 0 Å². The van der Waals surface area contributed by atoms with Gasteiger partial charge in [-0.15, -0.1) is 10.2 Å². The van der Waals surface area contributed by atoms with Crippen LogP contribution in [-0.2, 0) is 4.79 Å². The molecule has 0 atom stereocenters. The number of carbonyl (C=O) groups is 1. The van der Waals surface area contributed by atoms with Crippen LogP contribution in [0.3, 0.4) is 0 Å². The lowest BCUT2D eigenvalue weighted by Gasteiger charge is -2.00. The summed E-state index contributed by atoms with van der Waals surface area (Å²) in [6.45, 7) is 0.581. The molecule has 0 bridgehead atoms. The lowest BCUT2D eigenvalue weighted by molar-refractivity contribution is -0.116. The average molecular weight is 359 g/mol. The van der Waals surface area contributed by atoms with Crippen molar-refractivity contribution in [2.75, 3.05) is 18.9 Å². The first kappa shape index (κ1) is 15.0. The number of nitrogens with one attached hydrogen (secondary N) is 2. The summed E-state index contributed by atoms with van der Waals surface area (Å²) in [5.74, 6) is -0.533. The van der Waals surface area contributed by atoms with Crippen LogP contribution in [0.4, 0.5) is 9.52 Å². The minimum absolute atomic E-state index is 0.156. The van der Waals surface area contributed by atoms with Crippen LogP contribution >= 0.6 is 27.3 Å². The van der Waals surface area contributed by atoms with Gasteiger partial charge in [-0.1, -0.05) is 27.3 Å². The Bertz CT molecular complexity index is 619. The first-order valence-electron chi connectivity index (χ1n) is 5.83. The minimum atomic E-state index is -0.377. The molecule has 1 aromatic heterocycles. The Morgan fingerprint density at radius 1 is 1.45 bits per heavy atom. The Kier molecular flexibility index (Phi) is 5.16. The predicted octanol–water partition coefficient (Wildman–Crippen LogP) is 2.65. The van der Waals surface area contributed by atoms with E-state index < -0.39 is 0 Å². The third-order valence-corrected chi connectivity index (χ3v) is 3.80. The number of amides is 1. The second kappa shape index (κ2) is 6.87. The van der Waals surface area contributed by atoms with Gasteiger partial charge in [0.1, 0.15) is 5.82 Å². The van der Waals surface area contributed by atoms with Crippen LogP contribution in [0.5, 0.6) is 0 Å². The molecule has 106 valence electrons. The van der Waals surface area contributed by atoms with E-state index >= 15 is 0 Å². The number of benzene rings is 1. The summed E-state index contributed by atoms with van der Waals surface area (Å²) in [7, 11) is 1.77. The second-order valence-electron chi connectivity index (χ2n) is 3.94. The van der Waals surface area contributed by atoms with Gasteiger partial charge in [0.25, 0.3) is 0 Å². The summed E-state index contributed by atoms with van der Waals surface area (Å²) < 4.78 is 14.5. The van der Waals surface area contributed by atoms with Gasteiger partial charge in [-0.05, 0) is 25.2 Å². The first-order chi connectivity index (χ1) is 9.60. The minimum Gasteiger partial charge on any atom is -0.319 e. The molecule has 1 amide bonds. The fourth-order valence-electron chi connectivity index (χ4n) is 1.46. The highest BCUT2D eigenvalue weighted by atomic mass is 79.9. The summed E-state index contributed by atoms with van der Waals surface area (Å²) in [5.41, 5.74) is 0.354. The highest BCUT2D eigenvalue weighted by molar-refractivity contribution is 9.10. The Morgan fingerprint density at radius 2 is 2.25 bits per heavy atom. The number of hydrogen-bond donors (Lipinski definition) is 2. The van der Waals surface area contributed by atoms with Gasteiger partial charge in [-0.25, -0.2) is 4.39 Å². The molecule has 0 aliphatic rings. The van der Waals surface area contributed by atoms with Gasteiger partial charge in [0.2, 0.25) is 11.0 Å². The summed E-state index contributed by atoms with van der Waals surface area (Å²) in [6.07, 6.45) is 0.344. The molecule has 1 aromatic carbocycles. The fraction of sp³-hybridized carbons (Fsp3) is 0.250. The number of carbonyl (C=O) groups excluding carboxylic acids is 1. The lowest BCUT2D eigenvalue weighted by atomic mass is 10.2. The fourth-order valence-corrected chi connectivity index (χ4v) is 2.60. The molecule has 2 rings (SSSR count). The van der Waals surface area contributed by atoms with Gasteiger partial charge in [-0.3, -0.25) is 4.79 Å². The van der Waals surface area contributed by atoms with Crippen LogP contribution in [0.15, 0.2) is 22.7 Å². The van der Waals surface area contributed by atoms with Gasteiger partial charge in [0, 0.05) is 23.0 Å². The quantitative estimate of drug-likeness (QED) is 0.862. The molecule has 0 aliphatic carbocycles. The van der Waals surface area contributed by atoms with E-state index in [4.69, 9.17) is 0 Å². The molecule has 2 aromatic rings. The van der Waals surface area contributed by atoms with Crippen molar-refractivity contribution in [3.63, 3.8) is 0 Å². The zero-order valence-corrected chi connectivity index (χ0v) is 13.0. The molecule has 0 saturated carbocycles. The highest BCUT2D eigenvalue weighted by Crippen LogP contribution is 2.30. The van der Waals surface area contributed by atoms with Crippen molar-refractivity contribution in [2.24, 2.45) is 0 Å². The van der Waals surface area contributed by atoms with Crippen LogP contribution in [0.2, 0.25) is 0 Å². The number of aromatic nitrogens is 2. The van der Waals surface area contributed by atoms with Crippen molar-refractivity contribution < 1.29 is 9.18 Å². The van der Waals surface area contributed by atoms with E-state index in [0.717, 1.165) is 15.8 Å². The summed E-state index contributed by atoms with van der Waals surface area (Å²) in [4.78, 5) is 11.5. The van der Waals surface area contributed by atoms with Crippen molar-refractivity contribution in [1.29, 1.82) is 0 Å². The van der Waals surface area contributed by atoms with Crippen molar-refractivity contribution >= 4 is 38.3 Å². The van der Waals surface area contributed by atoms with Gasteiger partial charge >= 0.3 is 0 Å². The lowest BCUT2D eigenvalue weighted by Crippen LogP contribution is -2.18. The van der Waals surface area contributed by atoms with Crippen molar-refractivity contribution in [3.8, 4) is 10.6 Å². The highest BCUT2D eigenvalue weighted by Gasteiger charge is 2.13. The zero-order valence-electron chi connectivity index (χ0n) is 10.6. The molecule has 20 heavy (non-hydrogen) atoms. The van der Waals surface area contributed by atoms with E-state index in [2.05, 4.69) is 36.8 Å². The van der Waals surface area contributed by atoms with E-state index in [-0.39, 0.29) is 11.7 Å². The molecular formula is C12H12BrFN4OS. The van der Waals surface area contributed by atoms with Crippen LogP contribution in [0, 0.1) is 5.82 Å². The molecule has 0 unspecified atom stereocenters. The number of hydrogen-bond acceptors (Lipinski definition) is 5. The zero-order chi connectivity index (χ0) is 14.5. The molecule has 0 aliphatic heterocycles. The van der Waals surface area contributed by atoms with E-state index in [1.165, 1.54) is 6.07 Å². The SMILES string of the molecule is CNCCC(=O)Nc1nnc(-c2cc(Br)ccc2F)s1. The predicted molar refractivity (Wildman–Crippen MR) is 80.2 cm³/mol. The largest absolute Gasteiger partial charge is 0.319 e. The van der Waals surface area contributed by atoms with E-state index in [1.807, 2.05) is 0 Å². The topological polar surface area (TPSA) is 66.9 Å². The van der Waals surface area contributed by atoms with E-state index in [0.29, 0.717) is 28.7 Å². The maximum absolute atomic E-state index is 13.7. The summed E-state index contributed by atoms with van der Waals surface area (Å²) in [6, 6.07) is 4.59. The number of halogens is 2. The second-order valence-corrected chi connectivity index (χ2v) is 5.83. The maximum atomic E-state index is 13.7. The van der Waals surface area contributed by atoms with Gasteiger partial charge in [0.15, 0.2) is 5.01 Å². The van der Waals surface area contributed by atoms with Crippen molar-refractivity contribution in [2.45, 2.75) is 6.42 Å². The van der Waals surface area contributed by atoms with Gasteiger partial charge in [0.05, 0.1) is 0 Å². The molecule has 2 N–H and O–H groups in total. The third kappa shape index (κ3) is 3.81. The van der Waals surface area contributed by atoms with Crippen LogP contribution in [0.1, 0.15) is 6.42 Å². The maximum Gasteiger partial charge on any atom is 0.227 e. The van der Waals surface area contributed by atoms with Crippen molar-refractivity contribution in [3.05, 3.63) is 28.5 Å². The molecule has 0 radical (unpaired) electrons. The molecule has 8 heteroatoms. The van der Waals surface area contributed by atoms with Crippen LogP contribution in [0.25, 0.3) is 10.6 Å². The Labute approximate surface area is 127 Å². The number of nitrogens with zero attached hydrogens (tertiary/aromatic N) is 2. The Balaban J connectivity index is 2.12.